The highest BCUT2D eigenvalue weighted by molar-refractivity contribution is 7.99. The molecule has 84 valence electrons. The average Bonchev–Trinajstić information content (AvgIpc) is 2.14. The van der Waals surface area contributed by atoms with Gasteiger partial charge in [0.2, 0.25) is 0 Å². The lowest BCUT2D eigenvalue weighted by Crippen LogP contribution is -2.58. The van der Waals surface area contributed by atoms with Crippen LogP contribution in [0.25, 0.3) is 0 Å². The normalized spacial score (nSPS) is 22.5. The van der Waals surface area contributed by atoms with E-state index in [4.69, 9.17) is 0 Å². The van der Waals surface area contributed by atoms with E-state index in [1.54, 1.807) is 0 Å². The van der Waals surface area contributed by atoms with E-state index in [0.717, 1.165) is 13.1 Å². The molecule has 0 aliphatic carbocycles. The molecule has 0 amide bonds. The lowest BCUT2D eigenvalue weighted by Gasteiger charge is -2.42. The van der Waals surface area contributed by atoms with Gasteiger partial charge in [0.1, 0.15) is 0 Å². The molecule has 1 aliphatic rings. The van der Waals surface area contributed by atoms with Crippen LogP contribution in [0.15, 0.2) is 0 Å². The van der Waals surface area contributed by atoms with Gasteiger partial charge in [-0.15, -0.1) is 0 Å². The summed E-state index contributed by atoms with van der Waals surface area (Å²) < 4.78 is 0. The largest absolute Gasteiger partial charge is 0.314 e. The van der Waals surface area contributed by atoms with E-state index < -0.39 is 0 Å². The number of piperazine rings is 1. The highest BCUT2D eigenvalue weighted by Crippen LogP contribution is 2.16. The molecule has 1 saturated heterocycles. The van der Waals surface area contributed by atoms with Crippen molar-refractivity contribution in [1.29, 1.82) is 0 Å². The van der Waals surface area contributed by atoms with Gasteiger partial charge in [0.15, 0.2) is 0 Å². The fourth-order valence-electron chi connectivity index (χ4n) is 1.94. The molecular formula is C11H24N2S. The zero-order valence-electron chi connectivity index (χ0n) is 9.81. The number of nitrogens with zero attached hydrogens (tertiary/aromatic N) is 1. The molecule has 0 spiro atoms. The van der Waals surface area contributed by atoms with Gasteiger partial charge in [0, 0.05) is 25.2 Å². The van der Waals surface area contributed by atoms with Crippen molar-refractivity contribution in [2.75, 3.05) is 37.7 Å². The van der Waals surface area contributed by atoms with Crippen molar-refractivity contribution in [2.45, 2.75) is 32.7 Å². The summed E-state index contributed by atoms with van der Waals surface area (Å²) >= 11 is 2.05. The molecule has 0 radical (unpaired) electrons. The number of hydrogen-bond acceptors (Lipinski definition) is 3. The minimum atomic E-state index is 0.356. The Bertz CT molecular complexity index is 159. The van der Waals surface area contributed by atoms with Gasteiger partial charge in [-0.2, -0.15) is 11.8 Å². The molecule has 0 aromatic heterocycles. The van der Waals surface area contributed by atoms with Crippen LogP contribution in [0.2, 0.25) is 0 Å². The summed E-state index contributed by atoms with van der Waals surface area (Å²) in [4.78, 5) is 2.62. The molecule has 1 N–H and O–H groups in total. The first-order valence-electron chi connectivity index (χ1n) is 5.70. The summed E-state index contributed by atoms with van der Waals surface area (Å²) in [5, 5.41) is 3.46. The second-order valence-corrected chi connectivity index (χ2v) is 5.92. The second kappa shape index (κ2) is 5.99. The van der Waals surface area contributed by atoms with Crippen molar-refractivity contribution in [3.8, 4) is 0 Å². The molecule has 0 unspecified atom stereocenters. The zero-order chi connectivity index (χ0) is 10.4. The number of nitrogens with one attached hydrogen (secondary N) is 1. The summed E-state index contributed by atoms with van der Waals surface area (Å²) in [5.74, 6) is 2.57. The molecular weight excluding hydrogens is 192 g/mol. The van der Waals surface area contributed by atoms with Crippen molar-refractivity contribution in [2.24, 2.45) is 0 Å². The third kappa shape index (κ3) is 3.79. The van der Waals surface area contributed by atoms with E-state index in [-0.39, 0.29) is 0 Å². The van der Waals surface area contributed by atoms with Crippen LogP contribution in [-0.4, -0.2) is 48.1 Å². The first kappa shape index (κ1) is 12.3. The standard InChI is InChI=1S/C11H24N2S/c1-4-14-9-5-7-13-8-6-12-10-11(13,2)3/h12H,4-10H2,1-3H3. The summed E-state index contributed by atoms with van der Waals surface area (Å²) in [5.41, 5.74) is 0.356. The fraction of sp³-hybridized carbons (Fsp3) is 1.00. The van der Waals surface area contributed by atoms with Crippen molar-refractivity contribution < 1.29 is 0 Å². The number of hydrogen-bond donors (Lipinski definition) is 1. The quantitative estimate of drug-likeness (QED) is 0.706. The Hall–Kier alpha value is 0.270. The Morgan fingerprint density at radius 3 is 2.86 bits per heavy atom. The van der Waals surface area contributed by atoms with E-state index >= 15 is 0 Å². The predicted molar refractivity (Wildman–Crippen MR) is 66.1 cm³/mol. The summed E-state index contributed by atoms with van der Waals surface area (Å²) in [6.07, 6.45) is 1.34. The Morgan fingerprint density at radius 2 is 2.21 bits per heavy atom. The van der Waals surface area contributed by atoms with Crippen molar-refractivity contribution in [3.05, 3.63) is 0 Å². The lowest BCUT2D eigenvalue weighted by atomic mass is 10.00. The van der Waals surface area contributed by atoms with Gasteiger partial charge in [-0.1, -0.05) is 6.92 Å². The Labute approximate surface area is 92.8 Å². The van der Waals surface area contributed by atoms with Crippen molar-refractivity contribution in [1.82, 2.24) is 10.2 Å². The maximum atomic E-state index is 3.46. The molecule has 14 heavy (non-hydrogen) atoms. The highest BCUT2D eigenvalue weighted by atomic mass is 32.2. The van der Waals surface area contributed by atoms with Gasteiger partial charge in [-0.05, 0) is 38.3 Å². The van der Waals surface area contributed by atoms with Gasteiger partial charge in [-0.25, -0.2) is 0 Å². The molecule has 1 aliphatic heterocycles. The van der Waals surface area contributed by atoms with Crippen LogP contribution in [-0.2, 0) is 0 Å². The van der Waals surface area contributed by atoms with Gasteiger partial charge in [-0.3, -0.25) is 4.90 Å². The van der Waals surface area contributed by atoms with E-state index in [9.17, 15) is 0 Å². The third-order valence-corrected chi connectivity index (χ3v) is 3.88. The van der Waals surface area contributed by atoms with Gasteiger partial charge in [0.25, 0.3) is 0 Å². The molecule has 0 bridgehead atoms. The van der Waals surface area contributed by atoms with Crippen LogP contribution >= 0.6 is 11.8 Å². The van der Waals surface area contributed by atoms with Gasteiger partial charge in [0.05, 0.1) is 0 Å². The van der Waals surface area contributed by atoms with Crippen molar-refractivity contribution >= 4 is 11.8 Å². The van der Waals surface area contributed by atoms with E-state index in [1.165, 1.54) is 31.0 Å². The minimum absolute atomic E-state index is 0.356. The van der Waals surface area contributed by atoms with Gasteiger partial charge >= 0.3 is 0 Å². The van der Waals surface area contributed by atoms with E-state index in [0.29, 0.717) is 5.54 Å². The fourth-order valence-corrected chi connectivity index (χ4v) is 2.56. The second-order valence-electron chi connectivity index (χ2n) is 4.53. The summed E-state index contributed by atoms with van der Waals surface area (Å²) in [7, 11) is 0. The molecule has 0 atom stereocenters. The smallest absolute Gasteiger partial charge is 0.0278 e. The molecule has 0 aromatic rings. The van der Waals surface area contributed by atoms with Crippen LogP contribution < -0.4 is 5.32 Å². The highest BCUT2D eigenvalue weighted by Gasteiger charge is 2.28. The third-order valence-electron chi connectivity index (χ3n) is 2.89. The first-order chi connectivity index (χ1) is 6.67. The summed E-state index contributed by atoms with van der Waals surface area (Å²) in [6, 6.07) is 0. The molecule has 0 aromatic carbocycles. The summed E-state index contributed by atoms with van der Waals surface area (Å²) in [6.45, 7) is 11.7. The lowest BCUT2D eigenvalue weighted by molar-refractivity contribution is 0.0913. The Kier molecular flexibility index (Phi) is 5.28. The minimum Gasteiger partial charge on any atom is -0.314 e. The molecule has 3 heteroatoms. The van der Waals surface area contributed by atoms with Crippen LogP contribution in [0.3, 0.4) is 0 Å². The molecule has 1 rings (SSSR count). The zero-order valence-corrected chi connectivity index (χ0v) is 10.6. The average molecular weight is 216 g/mol. The molecule has 1 fully saturated rings. The topological polar surface area (TPSA) is 15.3 Å². The molecule has 1 heterocycles. The molecule has 2 nitrogen and oxygen atoms in total. The predicted octanol–water partition coefficient (Wildman–Crippen LogP) is 1.81. The van der Waals surface area contributed by atoms with E-state index in [2.05, 4.69) is 42.7 Å². The maximum Gasteiger partial charge on any atom is 0.0278 e. The van der Waals surface area contributed by atoms with Crippen LogP contribution in [0.5, 0.6) is 0 Å². The van der Waals surface area contributed by atoms with E-state index in [1.807, 2.05) is 0 Å². The Balaban J connectivity index is 2.20. The van der Waals surface area contributed by atoms with Crippen LogP contribution in [0.1, 0.15) is 27.2 Å². The van der Waals surface area contributed by atoms with Crippen LogP contribution in [0.4, 0.5) is 0 Å². The number of rotatable bonds is 5. The maximum absolute atomic E-state index is 3.46. The first-order valence-corrected chi connectivity index (χ1v) is 6.86. The molecule has 0 saturated carbocycles. The monoisotopic (exact) mass is 216 g/mol. The van der Waals surface area contributed by atoms with Crippen LogP contribution in [0, 0.1) is 0 Å². The van der Waals surface area contributed by atoms with Gasteiger partial charge < -0.3 is 5.32 Å². The Morgan fingerprint density at radius 1 is 1.43 bits per heavy atom. The number of thioether (sulfide) groups is 1. The SMILES string of the molecule is CCSCCCN1CCNCC1(C)C. The van der Waals surface area contributed by atoms with Crippen molar-refractivity contribution in [3.63, 3.8) is 0 Å².